The molecule has 1 aromatic rings. The molecule has 0 aromatic heterocycles. The first-order chi connectivity index (χ1) is 6.74. The Balaban J connectivity index is 2.58. The Bertz CT molecular complexity index is 287. The highest BCUT2D eigenvalue weighted by Gasteiger charge is 2.10. The van der Waals surface area contributed by atoms with Crippen molar-refractivity contribution in [1.29, 1.82) is 0 Å². The highest BCUT2D eigenvalue weighted by molar-refractivity contribution is 5.64. The van der Waals surface area contributed by atoms with E-state index in [2.05, 4.69) is 5.32 Å². The number of amides is 1. The number of ether oxygens (including phenoxy) is 1. The van der Waals surface area contributed by atoms with Gasteiger partial charge in [-0.05, 0) is 5.56 Å². The van der Waals surface area contributed by atoms with Gasteiger partial charge in [-0.15, -0.1) is 0 Å². The molecule has 14 heavy (non-hydrogen) atoms. The van der Waals surface area contributed by atoms with Gasteiger partial charge in [0, 0.05) is 7.11 Å². The molecule has 0 saturated carbocycles. The van der Waals surface area contributed by atoms with E-state index in [0.29, 0.717) is 0 Å². The highest BCUT2D eigenvalue weighted by atomic mass is 16.5. The summed E-state index contributed by atoms with van der Waals surface area (Å²) in [5.41, 5.74) is 0.962. The van der Waals surface area contributed by atoms with Crippen LogP contribution >= 0.6 is 0 Å². The molecule has 0 spiro atoms. The second-order valence-corrected chi connectivity index (χ2v) is 2.82. The summed E-state index contributed by atoms with van der Waals surface area (Å²) in [7, 11) is 1.56. The monoisotopic (exact) mass is 195 g/mol. The number of benzene rings is 1. The first kappa shape index (κ1) is 10.5. The van der Waals surface area contributed by atoms with E-state index < -0.39 is 6.09 Å². The Morgan fingerprint density at radius 2 is 2.14 bits per heavy atom. The zero-order valence-electron chi connectivity index (χ0n) is 7.93. The van der Waals surface area contributed by atoms with Crippen LogP contribution < -0.4 is 5.32 Å². The van der Waals surface area contributed by atoms with Crippen LogP contribution in [0.5, 0.6) is 0 Å². The molecule has 4 heteroatoms. The quantitative estimate of drug-likeness (QED) is 0.767. The van der Waals surface area contributed by atoms with Gasteiger partial charge in [0.2, 0.25) is 0 Å². The lowest BCUT2D eigenvalue weighted by atomic mass is 10.1. The number of hydrogen-bond acceptors (Lipinski definition) is 2. The zero-order valence-corrected chi connectivity index (χ0v) is 7.93. The van der Waals surface area contributed by atoms with Gasteiger partial charge >= 0.3 is 6.09 Å². The van der Waals surface area contributed by atoms with Crippen molar-refractivity contribution in [3.8, 4) is 0 Å². The van der Waals surface area contributed by atoms with Gasteiger partial charge in [0.25, 0.3) is 0 Å². The first-order valence-electron chi connectivity index (χ1n) is 4.28. The molecule has 1 aromatic carbocycles. The molecule has 0 saturated heterocycles. The first-order valence-corrected chi connectivity index (χ1v) is 4.28. The van der Waals surface area contributed by atoms with Gasteiger partial charge in [0.15, 0.2) is 0 Å². The summed E-state index contributed by atoms with van der Waals surface area (Å²) in [6, 6.07) is 9.49. The van der Waals surface area contributed by atoms with Crippen LogP contribution in [0, 0.1) is 0 Å². The maximum absolute atomic E-state index is 10.3. The summed E-state index contributed by atoms with van der Waals surface area (Å²) in [5, 5.41) is 10.7. The van der Waals surface area contributed by atoms with Gasteiger partial charge in [-0.25, -0.2) is 4.79 Å². The number of nitrogens with one attached hydrogen (secondary N) is 1. The van der Waals surface area contributed by atoms with E-state index >= 15 is 0 Å². The number of rotatable bonds is 4. The van der Waals surface area contributed by atoms with Crippen LogP contribution in [0.25, 0.3) is 0 Å². The summed E-state index contributed by atoms with van der Waals surface area (Å²) in [6.45, 7) is 0.260. The van der Waals surface area contributed by atoms with E-state index in [1.54, 1.807) is 7.11 Å². The van der Waals surface area contributed by atoms with E-state index in [1.165, 1.54) is 0 Å². The molecule has 1 rings (SSSR count). The Morgan fingerprint density at radius 1 is 1.50 bits per heavy atom. The Kier molecular flexibility index (Phi) is 3.94. The molecular weight excluding hydrogens is 182 g/mol. The lowest BCUT2D eigenvalue weighted by Crippen LogP contribution is -2.27. The van der Waals surface area contributed by atoms with Gasteiger partial charge in [0.1, 0.15) is 0 Å². The van der Waals surface area contributed by atoms with Crippen molar-refractivity contribution in [3.63, 3.8) is 0 Å². The molecule has 0 heterocycles. The molecule has 1 amide bonds. The minimum atomic E-state index is -1.04. The molecule has 76 valence electrons. The van der Waals surface area contributed by atoms with Crippen molar-refractivity contribution < 1.29 is 14.6 Å². The van der Waals surface area contributed by atoms with E-state index in [-0.39, 0.29) is 12.6 Å². The lowest BCUT2D eigenvalue weighted by molar-refractivity contribution is 0.100. The third-order valence-corrected chi connectivity index (χ3v) is 1.89. The van der Waals surface area contributed by atoms with Gasteiger partial charge in [-0.2, -0.15) is 0 Å². The minimum Gasteiger partial charge on any atom is -0.465 e. The second-order valence-electron chi connectivity index (χ2n) is 2.82. The third kappa shape index (κ3) is 3.06. The van der Waals surface area contributed by atoms with Crippen LogP contribution in [-0.2, 0) is 4.74 Å². The predicted octanol–water partition coefficient (Wildman–Crippen LogP) is 1.64. The summed E-state index contributed by atoms with van der Waals surface area (Å²) >= 11 is 0. The molecule has 4 nitrogen and oxygen atoms in total. The zero-order chi connectivity index (χ0) is 10.4. The lowest BCUT2D eigenvalue weighted by Gasteiger charge is -2.14. The Hall–Kier alpha value is -1.55. The fourth-order valence-electron chi connectivity index (χ4n) is 1.18. The predicted molar refractivity (Wildman–Crippen MR) is 52.2 cm³/mol. The van der Waals surface area contributed by atoms with Gasteiger partial charge < -0.3 is 15.2 Å². The molecule has 0 aliphatic rings. The fourth-order valence-corrected chi connectivity index (χ4v) is 1.18. The topological polar surface area (TPSA) is 58.6 Å². The summed E-state index contributed by atoms with van der Waals surface area (Å²) in [5.74, 6) is 0. The smallest absolute Gasteiger partial charge is 0.404 e. The number of methoxy groups -OCH3 is 1. The SMILES string of the molecule is COC(CNC(=O)O)c1ccccc1. The van der Waals surface area contributed by atoms with Crippen molar-refractivity contribution in [2.75, 3.05) is 13.7 Å². The third-order valence-electron chi connectivity index (χ3n) is 1.89. The van der Waals surface area contributed by atoms with Crippen LogP contribution in [0.3, 0.4) is 0 Å². The van der Waals surface area contributed by atoms with E-state index in [4.69, 9.17) is 9.84 Å². The molecule has 0 aliphatic carbocycles. The number of carboxylic acid groups (broad SMARTS) is 1. The maximum Gasteiger partial charge on any atom is 0.404 e. The molecule has 1 atom stereocenters. The van der Waals surface area contributed by atoms with Crippen LogP contribution in [0.2, 0.25) is 0 Å². The molecule has 0 fully saturated rings. The van der Waals surface area contributed by atoms with E-state index in [9.17, 15) is 4.79 Å². The normalized spacial score (nSPS) is 12.1. The summed E-state index contributed by atoms with van der Waals surface area (Å²) < 4.78 is 5.16. The summed E-state index contributed by atoms with van der Waals surface area (Å²) in [4.78, 5) is 10.3. The Morgan fingerprint density at radius 3 is 2.64 bits per heavy atom. The Labute approximate surface area is 82.5 Å². The maximum atomic E-state index is 10.3. The van der Waals surface area contributed by atoms with Crippen molar-refractivity contribution in [3.05, 3.63) is 35.9 Å². The van der Waals surface area contributed by atoms with Crippen LogP contribution in [-0.4, -0.2) is 24.9 Å². The standard InChI is InChI=1S/C10H13NO3/c1-14-9(7-11-10(12)13)8-5-3-2-4-6-8/h2-6,9,11H,7H2,1H3,(H,12,13). The van der Waals surface area contributed by atoms with Gasteiger partial charge in [-0.3, -0.25) is 0 Å². The van der Waals surface area contributed by atoms with E-state index in [1.807, 2.05) is 30.3 Å². The molecule has 0 radical (unpaired) electrons. The molecule has 0 aliphatic heterocycles. The van der Waals surface area contributed by atoms with Crippen LogP contribution in [0.4, 0.5) is 4.79 Å². The van der Waals surface area contributed by atoms with Gasteiger partial charge in [0.05, 0.1) is 12.6 Å². The average Bonchev–Trinajstić information content (AvgIpc) is 2.20. The van der Waals surface area contributed by atoms with Crippen molar-refractivity contribution in [2.24, 2.45) is 0 Å². The number of carbonyl (C=O) groups is 1. The second kappa shape index (κ2) is 5.24. The molecule has 1 unspecified atom stereocenters. The molecule has 2 N–H and O–H groups in total. The van der Waals surface area contributed by atoms with E-state index in [0.717, 1.165) is 5.56 Å². The number of hydrogen-bond donors (Lipinski definition) is 2. The minimum absolute atomic E-state index is 0.229. The van der Waals surface area contributed by atoms with Crippen LogP contribution in [0.15, 0.2) is 30.3 Å². The molecular formula is C10H13NO3. The van der Waals surface area contributed by atoms with Gasteiger partial charge in [-0.1, -0.05) is 30.3 Å². The van der Waals surface area contributed by atoms with Crippen molar-refractivity contribution in [1.82, 2.24) is 5.32 Å². The largest absolute Gasteiger partial charge is 0.465 e. The highest BCUT2D eigenvalue weighted by Crippen LogP contribution is 2.14. The van der Waals surface area contributed by atoms with Crippen molar-refractivity contribution in [2.45, 2.75) is 6.10 Å². The summed E-state index contributed by atoms with van der Waals surface area (Å²) in [6.07, 6.45) is -1.27. The fraction of sp³-hybridized carbons (Fsp3) is 0.300. The van der Waals surface area contributed by atoms with Crippen molar-refractivity contribution >= 4 is 6.09 Å². The van der Waals surface area contributed by atoms with Crippen LogP contribution in [0.1, 0.15) is 11.7 Å². The average molecular weight is 195 g/mol. The molecule has 0 bridgehead atoms.